The van der Waals surface area contributed by atoms with Gasteiger partial charge in [-0.1, -0.05) is 41.7 Å². The Bertz CT molecular complexity index is 1200. The molecule has 0 saturated carbocycles. The average molecular weight is 379 g/mol. The highest BCUT2D eigenvalue weighted by atomic mass is 32.1. The highest BCUT2D eigenvalue weighted by molar-refractivity contribution is 7.15. The molecular formula is C20H17N3O3S. The Kier molecular flexibility index (Phi) is 4.60. The van der Waals surface area contributed by atoms with Gasteiger partial charge in [-0.3, -0.25) is 4.79 Å². The molecular weight excluding hydrogens is 362 g/mol. The lowest BCUT2D eigenvalue weighted by Crippen LogP contribution is -2.24. The molecule has 0 amide bonds. The molecule has 0 bridgehead atoms. The molecule has 0 aliphatic carbocycles. The first-order valence-corrected chi connectivity index (χ1v) is 9.15. The molecule has 4 aromatic rings. The molecule has 2 aromatic carbocycles. The standard InChI is InChI=1S/C20H17N3O3S/c1-25-15-9-8-14(16(12-15)26-2)11-17-19(24)23-18(21-22-20(23)27-17)10-13-6-4-3-5-7-13/h3-9,11-12H,10H2,1-2H3. The third-order valence-electron chi connectivity index (χ3n) is 4.25. The number of nitrogens with zero attached hydrogens (tertiary/aromatic N) is 3. The van der Waals surface area contributed by atoms with Crippen molar-refractivity contribution in [2.45, 2.75) is 6.42 Å². The summed E-state index contributed by atoms with van der Waals surface area (Å²) in [6.45, 7) is 0. The van der Waals surface area contributed by atoms with Gasteiger partial charge in [0.2, 0.25) is 4.96 Å². The van der Waals surface area contributed by atoms with E-state index in [9.17, 15) is 4.79 Å². The van der Waals surface area contributed by atoms with E-state index >= 15 is 0 Å². The number of rotatable bonds is 5. The smallest absolute Gasteiger partial charge is 0.275 e. The van der Waals surface area contributed by atoms with Gasteiger partial charge in [0.05, 0.1) is 18.8 Å². The minimum Gasteiger partial charge on any atom is -0.497 e. The summed E-state index contributed by atoms with van der Waals surface area (Å²) in [6, 6.07) is 15.4. The van der Waals surface area contributed by atoms with E-state index in [1.54, 1.807) is 24.7 Å². The van der Waals surface area contributed by atoms with Crippen LogP contribution in [0.25, 0.3) is 11.0 Å². The van der Waals surface area contributed by atoms with Gasteiger partial charge in [-0.05, 0) is 23.8 Å². The first kappa shape index (κ1) is 17.2. The first-order chi connectivity index (χ1) is 13.2. The Morgan fingerprint density at radius 2 is 1.89 bits per heavy atom. The normalized spacial score (nSPS) is 11.9. The molecule has 136 valence electrons. The highest BCUT2D eigenvalue weighted by Crippen LogP contribution is 2.25. The number of benzene rings is 2. The minimum atomic E-state index is -0.121. The van der Waals surface area contributed by atoms with Crippen molar-refractivity contribution in [1.29, 1.82) is 0 Å². The molecule has 4 rings (SSSR count). The zero-order chi connectivity index (χ0) is 18.8. The van der Waals surface area contributed by atoms with Gasteiger partial charge in [0.25, 0.3) is 5.56 Å². The van der Waals surface area contributed by atoms with Gasteiger partial charge in [-0.15, -0.1) is 10.2 Å². The van der Waals surface area contributed by atoms with Crippen LogP contribution in [0.2, 0.25) is 0 Å². The lowest BCUT2D eigenvalue weighted by molar-refractivity contribution is 0.393. The topological polar surface area (TPSA) is 65.7 Å². The van der Waals surface area contributed by atoms with Crippen LogP contribution in [0.4, 0.5) is 0 Å². The molecule has 6 nitrogen and oxygen atoms in total. The van der Waals surface area contributed by atoms with Crippen molar-refractivity contribution in [1.82, 2.24) is 14.6 Å². The van der Waals surface area contributed by atoms with Gasteiger partial charge in [-0.25, -0.2) is 4.40 Å². The number of thiazole rings is 1. The van der Waals surface area contributed by atoms with E-state index in [-0.39, 0.29) is 5.56 Å². The molecule has 0 fully saturated rings. The summed E-state index contributed by atoms with van der Waals surface area (Å²) in [5, 5.41) is 8.35. The van der Waals surface area contributed by atoms with Crippen LogP contribution >= 0.6 is 11.3 Å². The Morgan fingerprint density at radius 1 is 1.07 bits per heavy atom. The number of ether oxygens (including phenoxy) is 2. The van der Waals surface area contributed by atoms with E-state index in [2.05, 4.69) is 10.2 Å². The predicted octanol–water partition coefficient (Wildman–Crippen LogP) is 2.31. The Morgan fingerprint density at radius 3 is 2.63 bits per heavy atom. The van der Waals surface area contributed by atoms with Crippen molar-refractivity contribution in [2.24, 2.45) is 0 Å². The molecule has 27 heavy (non-hydrogen) atoms. The lowest BCUT2D eigenvalue weighted by atomic mass is 10.1. The Hall–Kier alpha value is -3.19. The molecule has 2 aromatic heterocycles. The number of hydrogen-bond acceptors (Lipinski definition) is 6. The molecule has 0 unspecified atom stereocenters. The minimum absolute atomic E-state index is 0.121. The van der Waals surface area contributed by atoms with Crippen LogP contribution in [0, 0.1) is 0 Å². The van der Waals surface area contributed by atoms with E-state index in [0.29, 0.717) is 33.2 Å². The SMILES string of the molecule is COc1ccc(C=c2sc3nnc(Cc4ccccc4)n3c2=O)c(OC)c1. The quantitative estimate of drug-likeness (QED) is 0.532. The molecule has 2 heterocycles. The van der Waals surface area contributed by atoms with Crippen molar-refractivity contribution in [3.63, 3.8) is 0 Å². The van der Waals surface area contributed by atoms with Crippen LogP contribution in [-0.2, 0) is 6.42 Å². The molecule has 0 aliphatic heterocycles. The van der Waals surface area contributed by atoms with Gasteiger partial charge >= 0.3 is 0 Å². The monoisotopic (exact) mass is 379 g/mol. The van der Waals surface area contributed by atoms with Crippen LogP contribution in [0.15, 0.2) is 53.3 Å². The van der Waals surface area contributed by atoms with Crippen molar-refractivity contribution < 1.29 is 9.47 Å². The van der Waals surface area contributed by atoms with Crippen molar-refractivity contribution >= 4 is 22.4 Å². The van der Waals surface area contributed by atoms with Crippen molar-refractivity contribution in [2.75, 3.05) is 14.2 Å². The second-order valence-corrected chi connectivity index (χ2v) is 6.93. The van der Waals surface area contributed by atoms with E-state index in [1.807, 2.05) is 48.5 Å². The molecule has 7 heteroatoms. The van der Waals surface area contributed by atoms with Crippen LogP contribution in [0.3, 0.4) is 0 Å². The summed E-state index contributed by atoms with van der Waals surface area (Å²) in [7, 11) is 3.19. The summed E-state index contributed by atoms with van der Waals surface area (Å²) in [5.41, 5.74) is 1.76. The summed E-state index contributed by atoms with van der Waals surface area (Å²) in [5.74, 6) is 1.97. The third kappa shape index (κ3) is 3.29. The molecule has 0 atom stereocenters. The van der Waals surface area contributed by atoms with Crippen LogP contribution in [0.5, 0.6) is 11.5 Å². The number of hydrogen-bond donors (Lipinski definition) is 0. The average Bonchev–Trinajstić information content (AvgIpc) is 3.23. The van der Waals surface area contributed by atoms with E-state index in [0.717, 1.165) is 11.1 Å². The number of methoxy groups -OCH3 is 2. The maximum atomic E-state index is 12.9. The van der Waals surface area contributed by atoms with Gasteiger partial charge in [0.15, 0.2) is 0 Å². The van der Waals surface area contributed by atoms with E-state index in [1.165, 1.54) is 11.3 Å². The first-order valence-electron chi connectivity index (χ1n) is 8.34. The lowest BCUT2D eigenvalue weighted by Gasteiger charge is -2.06. The fraction of sp³-hybridized carbons (Fsp3) is 0.150. The number of aromatic nitrogens is 3. The van der Waals surface area contributed by atoms with Gasteiger partial charge in [-0.2, -0.15) is 0 Å². The van der Waals surface area contributed by atoms with Crippen LogP contribution in [-0.4, -0.2) is 28.8 Å². The Labute approximate surface area is 159 Å². The highest BCUT2D eigenvalue weighted by Gasteiger charge is 2.13. The molecule has 0 N–H and O–H groups in total. The van der Waals surface area contributed by atoms with Crippen molar-refractivity contribution in [3.05, 3.63) is 80.4 Å². The zero-order valence-electron chi connectivity index (χ0n) is 14.9. The fourth-order valence-electron chi connectivity index (χ4n) is 2.89. The van der Waals surface area contributed by atoms with Crippen LogP contribution in [0.1, 0.15) is 17.0 Å². The second kappa shape index (κ2) is 7.20. The largest absolute Gasteiger partial charge is 0.497 e. The molecule has 0 saturated heterocycles. The summed E-state index contributed by atoms with van der Waals surface area (Å²) >= 11 is 1.31. The van der Waals surface area contributed by atoms with Crippen molar-refractivity contribution in [3.8, 4) is 11.5 Å². The van der Waals surface area contributed by atoms with Gasteiger partial charge < -0.3 is 9.47 Å². The van der Waals surface area contributed by atoms with E-state index in [4.69, 9.17) is 9.47 Å². The summed E-state index contributed by atoms with van der Waals surface area (Å²) in [6.07, 6.45) is 2.37. The molecule has 0 radical (unpaired) electrons. The maximum Gasteiger partial charge on any atom is 0.275 e. The van der Waals surface area contributed by atoms with E-state index < -0.39 is 0 Å². The summed E-state index contributed by atoms with van der Waals surface area (Å²) in [4.78, 5) is 13.5. The van der Waals surface area contributed by atoms with Crippen LogP contribution < -0.4 is 19.6 Å². The zero-order valence-corrected chi connectivity index (χ0v) is 15.7. The summed E-state index contributed by atoms with van der Waals surface area (Å²) < 4.78 is 12.8. The molecule has 0 spiro atoms. The fourth-order valence-corrected chi connectivity index (χ4v) is 3.81. The predicted molar refractivity (Wildman–Crippen MR) is 105 cm³/mol. The number of fused-ring (bicyclic) bond motifs is 1. The second-order valence-electron chi connectivity index (χ2n) is 5.92. The molecule has 0 aliphatic rings. The Balaban J connectivity index is 1.79. The maximum absolute atomic E-state index is 12.9. The third-order valence-corrected chi connectivity index (χ3v) is 5.21. The van der Waals surface area contributed by atoms with Gasteiger partial charge in [0.1, 0.15) is 17.3 Å². The van der Waals surface area contributed by atoms with Gasteiger partial charge in [0, 0.05) is 18.1 Å².